The summed E-state index contributed by atoms with van der Waals surface area (Å²) >= 11 is 1.51. The molecular formula is C18H16N4O2S. The molecule has 3 aromatic rings. The molecule has 0 aliphatic carbocycles. The first-order valence-corrected chi connectivity index (χ1v) is 8.43. The molecule has 2 heterocycles. The largest absolute Gasteiger partial charge is 0.299 e. The zero-order valence-corrected chi connectivity index (χ0v) is 14.6. The number of carbonyl (C=O) groups excluding carboxylic acids is 2. The van der Waals surface area contributed by atoms with Crippen LogP contribution >= 0.6 is 11.3 Å². The van der Waals surface area contributed by atoms with Gasteiger partial charge in [0.15, 0.2) is 11.6 Å². The summed E-state index contributed by atoms with van der Waals surface area (Å²) < 4.78 is 0. The molecule has 0 radical (unpaired) electrons. The molecule has 0 unspecified atom stereocenters. The summed E-state index contributed by atoms with van der Waals surface area (Å²) in [6.07, 6.45) is 1.74. The maximum Gasteiger partial charge on any atom is 0.269 e. The molecule has 25 heavy (non-hydrogen) atoms. The number of aromatic nitrogens is 2. The molecule has 3 rings (SSSR count). The number of hydrogen-bond donors (Lipinski definition) is 1. The zero-order chi connectivity index (χ0) is 18.0. The van der Waals surface area contributed by atoms with E-state index >= 15 is 0 Å². The Labute approximate surface area is 148 Å². The second-order valence-corrected chi connectivity index (χ2v) is 6.43. The summed E-state index contributed by atoms with van der Waals surface area (Å²) in [6, 6.07) is 9.48. The molecule has 0 bridgehead atoms. The quantitative estimate of drug-likeness (QED) is 0.256. The monoisotopic (exact) mass is 352 g/mol. The molecule has 0 aliphatic heterocycles. The van der Waals surface area contributed by atoms with Gasteiger partial charge in [-0.05, 0) is 43.0 Å². The zero-order valence-electron chi connectivity index (χ0n) is 13.8. The Hall–Kier alpha value is -2.90. The minimum atomic E-state index is -0.493. The van der Waals surface area contributed by atoms with E-state index in [0.29, 0.717) is 28.8 Å². The highest BCUT2D eigenvalue weighted by atomic mass is 32.1. The maximum atomic E-state index is 12.5. The second-order valence-electron chi connectivity index (χ2n) is 5.48. The van der Waals surface area contributed by atoms with Crippen LogP contribution in [0, 0.1) is 6.92 Å². The van der Waals surface area contributed by atoms with Crippen LogP contribution in [0.15, 0.2) is 47.4 Å². The van der Waals surface area contributed by atoms with Crippen LogP contribution in [0.5, 0.6) is 0 Å². The van der Waals surface area contributed by atoms with Gasteiger partial charge in [-0.3, -0.25) is 9.59 Å². The molecule has 0 fully saturated rings. The molecule has 0 spiro atoms. The molecule has 0 atom stereocenters. The summed E-state index contributed by atoms with van der Waals surface area (Å²) in [6.45, 7) is 3.44. The lowest BCUT2D eigenvalue weighted by atomic mass is 10.1. The highest BCUT2D eigenvalue weighted by Gasteiger charge is 2.21. The van der Waals surface area contributed by atoms with Gasteiger partial charge in [-0.25, -0.2) is 20.8 Å². The number of anilines is 1. The molecule has 1 amide bonds. The van der Waals surface area contributed by atoms with Crippen LogP contribution < -0.4 is 10.9 Å². The topological polar surface area (TPSA) is 89.2 Å². The number of aldehydes is 1. The predicted octanol–water partition coefficient (Wildman–Crippen LogP) is 3.02. The number of rotatable bonds is 4. The van der Waals surface area contributed by atoms with Crippen molar-refractivity contribution >= 4 is 40.3 Å². The van der Waals surface area contributed by atoms with Crippen molar-refractivity contribution in [1.82, 2.24) is 9.97 Å². The van der Waals surface area contributed by atoms with Crippen molar-refractivity contribution in [3.63, 3.8) is 0 Å². The van der Waals surface area contributed by atoms with Gasteiger partial charge in [0, 0.05) is 11.0 Å². The Balaban J connectivity index is 2.23. The number of carbonyl (C=O) groups is 2. The third-order valence-electron chi connectivity index (χ3n) is 3.76. The number of allylic oxidation sites excluding steroid dienone is 1. The first-order chi connectivity index (χ1) is 12.0. The Kier molecular flexibility index (Phi) is 4.69. The van der Waals surface area contributed by atoms with Crippen LogP contribution in [0.4, 0.5) is 5.82 Å². The van der Waals surface area contributed by atoms with Crippen LogP contribution in [0.25, 0.3) is 21.6 Å². The maximum absolute atomic E-state index is 12.5. The Morgan fingerprint density at radius 2 is 2.04 bits per heavy atom. The summed E-state index contributed by atoms with van der Waals surface area (Å²) in [5.41, 5.74) is 1.84. The van der Waals surface area contributed by atoms with E-state index in [1.165, 1.54) is 24.3 Å². The lowest BCUT2D eigenvalue weighted by molar-refractivity contribution is -0.115. The van der Waals surface area contributed by atoms with Gasteiger partial charge in [-0.2, -0.15) is 0 Å². The van der Waals surface area contributed by atoms with Crippen molar-refractivity contribution in [3.05, 3.63) is 52.9 Å². The van der Waals surface area contributed by atoms with Crippen molar-refractivity contribution in [2.45, 2.75) is 13.8 Å². The third-order valence-corrected chi connectivity index (χ3v) is 4.62. The number of hydrogen-bond acceptors (Lipinski definition) is 6. The molecule has 6 nitrogen and oxygen atoms in total. The van der Waals surface area contributed by atoms with Gasteiger partial charge in [0.1, 0.15) is 6.29 Å². The minimum absolute atomic E-state index is 0.232. The van der Waals surface area contributed by atoms with Crippen molar-refractivity contribution in [2.24, 2.45) is 5.84 Å². The van der Waals surface area contributed by atoms with Gasteiger partial charge in [-0.15, -0.1) is 11.3 Å². The number of hydrazine groups is 1. The Morgan fingerprint density at radius 3 is 2.72 bits per heavy atom. The van der Waals surface area contributed by atoms with E-state index in [0.717, 1.165) is 15.4 Å². The van der Waals surface area contributed by atoms with Crippen LogP contribution in [-0.2, 0) is 9.59 Å². The number of amides is 1. The summed E-state index contributed by atoms with van der Waals surface area (Å²) in [5.74, 6) is 6.39. The average Bonchev–Trinajstić information content (AvgIpc) is 3.14. The smallest absolute Gasteiger partial charge is 0.269 e. The molecule has 0 saturated heterocycles. The first kappa shape index (κ1) is 16.9. The molecular weight excluding hydrogens is 336 g/mol. The van der Waals surface area contributed by atoms with Gasteiger partial charge in [0.2, 0.25) is 0 Å². The Bertz CT molecular complexity index is 980. The van der Waals surface area contributed by atoms with E-state index < -0.39 is 5.91 Å². The fourth-order valence-electron chi connectivity index (χ4n) is 2.48. The fourth-order valence-corrected chi connectivity index (χ4v) is 3.14. The van der Waals surface area contributed by atoms with Gasteiger partial charge < -0.3 is 0 Å². The van der Waals surface area contributed by atoms with Crippen molar-refractivity contribution in [2.75, 3.05) is 5.01 Å². The fraction of sp³-hybridized carbons (Fsp3) is 0.111. The van der Waals surface area contributed by atoms with Crippen molar-refractivity contribution < 1.29 is 9.59 Å². The highest BCUT2D eigenvalue weighted by molar-refractivity contribution is 7.13. The van der Waals surface area contributed by atoms with Gasteiger partial charge in [0.25, 0.3) is 5.91 Å². The van der Waals surface area contributed by atoms with Gasteiger partial charge >= 0.3 is 0 Å². The lowest BCUT2D eigenvalue weighted by Crippen LogP contribution is -2.39. The average molecular weight is 352 g/mol. The van der Waals surface area contributed by atoms with Gasteiger partial charge in [0.05, 0.1) is 10.4 Å². The van der Waals surface area contributed by atoms with Crippen LogP contribution in [0.2, 0.25) is 0 Å². The number of thiophene rings is 1. The number of nitrogens with zero attached hydrogens (tertiary/aromatic N) is 3. The van der Waals surface area contributed by atoms with E-state index in [2.05, 4.69) is 9.97 Å². The number of benzene rings is 1. The van der Waals surface area contributed by atoms with Gasteiger partial charge in [-0.1, -0.05) is 18.2 Å². The SMILES string of the molecule is C/C(=C/C=O)C(=O)N(N)c1nc(-c2cccs2)nc2cccc(C)c12. The third kappa shape index (κ3) is 3.19. The molecule has 0 aliphatic rings. The van der Waals surface area contributed by atoms with Crippen LogP contribution in [0.1, 0.15) is 12.5 Å². The Morgan fingerprint density at radius 1 is 1.24 bits per heavy atom. The summed E-state index contributed by atoms with van der Waals surface area (Å²) in [7, 11) is 0. The van der Waals surface area contributed by atoms with E-state index in [9.17, 15) is 9.59 Å². The normalized spacial score (nSPS) is 11.6. The summed E-state index contributed by atoms with van der Waals surface area (Å²) in [4.78, 5) is 33.2. The summed E-state index contributed by atoms with van der Waals surface area (Å²) in [5, 5.41) is 3.61. The van der Waals surface area contributed by atoms with Crippen molar-refractivity contribution in [3.8, 4) is 10.7 Å². The standard InChI is InChI=1S/C18H16N4O2S/c1-11-5-3-6-13-15(11)17(22(19)18(24)12(2)8-9-23)21-16(20-13)14-7-4-10-25-14/h3-10H,19H2,1-2H3/b12-8-. The van der Waals surface area contributed by atoms with E-state index in [1.807, 2.05) is 42.6 Å². The van der Waals surface area contributed by atoms with E-state index in [4.69, 9.17) is 5.84 Å². The molecule has 126 valence electrons. The number of fused-ring (bicyclic) bond motifs is 1. The molecule has 2 aromatic heterocycles. The molecule has 7 heteroatoms. The van der Waals surface area contributed by atoms with Crippen LogP contribution in [0.3, 0.4) is 0 Å². The highest BCUT2D eigenvalue weighted by Crippen LogP contribution is 2.30. The molecule has 2 N–H and O–H groups in total. The van der Waals surface area contributed by atoms with Crippen LogP contribution in [-0.4, -0.2) is 22.2 Å². The number of nitrogens with two attached hydrogens (primary N) is 1. The predicted molar refractivity (Wildman–Crippen MR) is 99.1 cm³/mol. The van der Waals surface area contributed by atoms with Crippen molar-refractivity contribution in [1.29, 1.82) is 0 Å². The first-order valence-electron chi connectivity index (χ1n) is 7.55. The van der Waals surface area contributed by atoms with E-state index in [-0.39, 0.29) is 5.57 Å². The lowest BCUT2D eigenvalue weighted by Gasteiger charge is -2.19. The second kappa shape index (κ2) is 6.92. The molecule has 0 saturated carbocycles. The molecule has 1 aromatic carbocycles. The minimum Gasteiger partial charge on any atom is -0.299 e. The van der Waals surface area contributed by atoms with E-state index in [1.54, 1.807) is 0 Å². The number of aryl methyl sites for hydroxylation is 1.